The van der Waals surface area contributed by atoms with E-state index in [9.17, 15) is 13.6 Å². The zero-order valence-electron chi connectivity index (χ0n) is 12.6. The maximum Gasteiger partial charge on any atom is 0.319 e. The molecule has 5 heteroatoms. The molecular formula is C16H22F2N2O. The number of rotatable bonds is 3. The van der Waals surface area contributed by atoms with Crippen molar-refractivity contribution in [2.45, 2.75) is 25.7 Å². The van der Waals surface area contributed by atoms with Gasteiger partial charge < -0.3 is 9.80 Å². The molecule has 3 nitrogen and oxygen atoms in total. The van der Waals surface area contributed by atoms with Gasteiger partial charge in [0.05, 0.1) is 0 Å². The highest BCUT2D eigenvalue weighted by atomic mass is 19.1. The highest BCUT2D eigenvalue weighted by molar-refractivity contribution is 5.73. The van der Waals surface area contributed by atoms with E-state index in [-0.39, 0.29) is 11.6 Å². The van der Waals surface area contributed by atoms with Crippen LogP contribution in [0.15, 0.2) is 18.2 Å². The highest BCUT2D eigenvalue weighted by Gasteiger charge is 2.24. The number of urea groups is 1. The second kappa shape index (κ2) is 6.87. The van der Waals surface area contributed by atoms with E-state index in [4.69, 9.17) is 0 Å². The van der Waals surface area contributed by atoms with E-state index in [1.165, 1.54) is 18.2 Å². The molecule has 1 saturated heterocycles. The maximum atomic E-state index is 13.6. The van der Waals surface area contributed by atoms with Gasteiger partial charge in [-0.15, -0.1) is 0 Å². The monoisotopic (exact) mass is 296 g/mol. The number of nitrogens with zero attached hydrogens (tertiary/aromatic N) is 2. The Morgan fingerprint density at radius 3 is 2.62 bits per heavy atom. The molecule has 1 aromatic carbocycles. The van der Waals surface area contributed by atoms with Crippen LogP contribution in [0.2, 0.25) is 0 Å². The lowest BCUT2D eigenvalue weighted by atomic mass is 9.91. The normalized spacial score (nSPS) is 18.7. The Morgan fingerprint density at radius 1 is 1.33 bits per heavy atom. The van der Waals surface area contributed by atoms with Crippen LogP contribution in [0.5, 0.6) is 0 Å². The quantitative estimate of drug-likeness (QED) is 0.839. The Balaban J connectivity index is 1.93. The molecule has 0 radical (unpaired) electrons. The minimum absolute atomic E-state index is 0.0109. The van der Waals surface area contributed by atoms with Gasteiger partial charge in [0.15, 0.2) is 0 Å². The number of carbonyl (C=O) groups is 1. The summed E-state index contributed by atoms with van der Waals surface area (Å²) in [5.74, 6) is -0.652. The molecule has 116 valence electrons. The summed E-state index contributed by atoms with van der Waals surface area (Å²) < 4.78 is 27.2. The van der Waals surface area contributed by atoms with E-state index in [0.717, 1.165) is 19.4 Å². The lowest BCUT2D eigenvalue weighted by Crippen LogP contribution is -2.45. The first kappa shape index (κ1) is 15.7. The summed E-state index contributed by atoms with van der Waals surface area (Å²) in [6, 6.07) is 3.98. The lowest BCUT2D eigenvalue weighted by molar-refractivity contribution is 0.140. The molecule has 1 aromatic rings. The SMILES string of the molecule is CN(C)C(=O)N1CCCC(CCc2c(F)cccc2F)C1. The first-order chi connectivity index (χ1) is 9.99. The summed E-state index contributed by atoms with van der Waals surface area (Å²) >= 11 is 0. The zero-order valence-corrected chi connectivity index (χ0v) is 12.6. The van der Waals surface area contributed by atoms with Gasteiger partial charge in [0.1, 0.15) is 11.6 Å². The zero-order chi connectivity index (χ0) is 15.4. The average molecular weight is 296 g/mol. The summed E-state index contributed by atoms with van der Waals surface area (Å²) in [5, 5.41) is 0. The number of piperidine rings is 1. The molecule has 21 heavy (non-hydrogen) atoms. The molecule has 0 spiro atoms. The first-order valence-corrected chi connectivity index (χ1v) is 7.38. The fraction of sp³-hybridized carbons (Fsp3) is 0.562. The van der Waals surface area contributed by atoms with Crippen LogP contribution in [0, 0.1) is 17.6 Å². The van der Waals surface area contributed by atoms with Crippen LogP contribution in [-0.2, 0) is 6.42 Å². The number of halogens is 2. The predicted molar refractivity (Wildman–Crippen MR) is 78.1 cm³/mol. The van der Waals surface area contributed by atoms with Crippen molar-refractivity contribution in [1.29, 1.82) is 0 Å². The molecule has 0 N–H and O–H groups in total. The first-order valence-electron chi connectivity index (χ1n) is 7.38. The van der Waals surface area contributed by atoms with Gasteiger partial charge in [-0.05, 0) is 43.7 Å². The van der Waals surface area contributed by atoms with Crippen LogP contribution in [0.3, 0.4) is 0 Å². The average Bonchev–Trinajstić information content (AvgIpc) is 2.46. The van der Waals surface area contributed by atoms with E-state index in [1.54, 1.807) is 19.0 Å². The molecule has 2 rings (SSSR count). The third-order valence-electron chi connectivity index (χ3n) is 4.04. The molecule has 1 aliphatic rings. The summed E-state index contributed by atoms with van der Waals surface area (Å²) in [4.78, 5) is 15.4. The number of likely N-dealkylation sites (tertiary alicyclic amines) is 1. The van der Waals surface area contributed by atoms with Gasteiger partial charge in [-0.25, -0.2) is 13.6 Å². The smallest absolute Gasteiger partial charge is 0.319 e. The second-order valence-corrected chi connectivity index (χ2v) is 5.87. The van der Waals surface area contributed by atoms with Crippen molar-refractivity contribution in [3.8, 4) is 0 Å². The summed E-state index contributed by atoms with van der Waals surface area (Å²) in [6.45, 7) is 1.44. The van der Waals surface area contributed by atoms with E-state index in [2.05, 4.69) is 0 Å². The maximum absolute atomic E-state index is 13.6. The Morgan fingerprint density at radius 2 is 2.00 bits per heavy atom. The minimum atomic E-state index is -0.480. The molecule has 1 atom stereocenters. The Kier molecular flexibility index (Phi) is 5.15. The standard InChI is InChI=1S/C16H22F2N2O/c1-19(2)16(21)20-10-4-5-12(11-20)8-9-13-14(17)6-3-7-15(13)18/h3,6-7,12H,4-5,8-11H2,1-2H3. The molecule has 0 saturated carbocycles. The molecule has 0 aliphatic carbocycles. The van der Waals surface area contributed by atoms with Gasteiger partial charge in [-0.2, -0.15) is 0 Å². The predicted octanol–water partition coefficient (Wildman–Crippen LogP) is 3.29. The fourth-order valence-electron chi connectivity index (χ4n) is 2.88. The molecule has 1 fully saturated rings. The van der Waals surface area contributed by atoms with Crippen molar-refractivity contribution in [1.82, 2.24) is 9.80 Å². The van der Waals surface area contributed by atoms with Gasteiger partial charge in [0.25, 0.3) is 0 Å². The second-order valence-electron chi connectivity index (χ2n) is 5.87. The van der Waals surface area contributed by atoms with Gasteiger partial charge in [0.2, 0.25) is 0 Å². The summed E-state index contributed by atoms with van der Waals surface area (Å²) in [7, 11) is 3.47. The van der Waals surface area contributed by atoms with Gasteiger partial charge in [-0.3, -0.25) is 0 Å². The van der Waals surface area contributed by atoms with Crippen LogP contribution < -0.4 is 0 Å². The van der Waals surface area contributed by atoms with Crippen molar-refractivity contribution in [3.63, 3.8) is 0 Å². The molecular weight excluding hydrogens is 274 g/mol. The topological polar surface area (TPSA) is 23.6 Å². The van der Waals surface area contributed by atoms with Crippen molar-refractivity contribution < 1.29 is 13.6 Å². The Labute approximate surface area is 124 Å². The van der Waals surface area contributed by atoms with Crippen LogP contribution in [-0.4, -0.2) is 43.0 Å². The third kappa shape index (κ3) is 3.93. The Bertz CT molecular complexity index is 485. The molecule has 2 amide bonds. The van der Waals surface area contributed by atoms with Gasteiger partial charge in [-0.1, -0.05) is 6.07 Å². The largest absolute Gasteiger partial charge is 0.331 e. The molecule has 1 heterocycles. The molecule has 1 aliphatic heterocycles. The number of benzene rings is 1. The minimum Gasteiger partial charge on any atom is -0.331 e. The van der Waals surface area contributed by atoms with Crippen LogP contribution >= 0.6 is 0 Å². The van der Waals surface area contributed by atoms with Crippen LogP contribution in [0.4, 0.5) is 13.6 Å². The van der Waals surface area contributed by atoms with Crippen LogP contribution in [0.1, 0.15) is 24.8 Å². The van der Waals surface area contributed by atoms with Gasteiger partial charge in [0, 0.05) is 32.7 Å². The number of carbonyl (C=O) groups excluding carboxylic acids is 1. The van der Waals surface area contributed by atoms with Crippen LogP contribution in [0.25, 0.3) is 0 Å². The van der Waals surface area contributed by atoms with E-state index >= 15 is 0 Å². The summed E-state index contributed by atoms with van der Waals surface area (Å²) in [5.41, 5.74) is 0.161. The van der Waals surface area contributed by atoms with Crippen molar-refractivity contribution in [2.75, 3.05) is 27.2 Å². The Hall–Kier alpha value is -1.65. The lowest BCUT2D eigenvalue weighted by Gasteiger charge is -2.34. The van der Waals surface area contributed by atoms with E-state index in [1.807, 2.05) is 4.90 Å². The van der Waals surface area contributed by atoms with E-state index < -0.39 is 11.6 Å². The fourth-order valence-corrected chi connectivity index (χ4v) is 2.88. The number of amides is 2. The van der Waals surface area contributed by atoms with Crippen molar-refractivity contribution in [3.05, 3.63) is 35.4 Å². The molecule has 0 bridgehead atoms. The van der Waals surface area contributed by atoms with Gasteiger partial charge >= 0.3 is 6.03 Å². The highest BCUT2D eigenvalue weighted by Crippen LogP contribution is 2.24. The van der Waals surface area contributed by atoms with Crippen molar-refractivity contribution >= 4 is 6.03 Å². The number of hydrogen-bond acceptors (Lipinski definition) is 1. The third-order valence-corrected chi connectivity index (χ3v) is 4.04. The number of hydrogen-bond donors (Lipinski definition) is 0. The van der Waals surface area contributed by atoms with E-state index in [0.29, 0.717) is 25.3 Å². The molecule has 0 aromatic heterocycles. The van der Waals surface area contributed by atoms with Crippen molar-refractivity contribution in [2.24, 2.45) is 5.92 Å². The molecule has 1 unspecified atom stereocenters. The summed E-state index contributed by atoms with van der Waals surface area (Å²) in [6.07, 6.45) is 3.04.